The lowest BCUT2D eigenvalue weighted by atomic mass is 10.1. The second kappa shape index (κ2) is 9.41. The topological polar surface area (TPSA) is 113 Å². The number of anilines is 1. The molecule has 0 bridgehead atoms. The van der Waals surface area contributed by atoms with E-state index >= 15 is 0 Å². The van der Waals surface area contributed by atoms with E-state index in [0.717, 1.165) is 18.2 Å². The Morgan fingerprint density at radius 3 is 2.15 bits per heavy atom. The summed E-state index contributed by atoms with van der Waals surface area (Å²) in [4.78, 5) is 36.8. The van der Waals surface area contributed by atoms with Gasteiger partial charge in [0.05, 0.1) is 21.3 Å². The molecule has 33 heavy (non-hydrogen) atoms. The average molecular weight is 476 g/mol. The largest absolute Gasteiger partial charge is 0.497 e. The van der Waals surface area contributed by atoms with Crippen LogP contribution < -0.4 is 26.1 Å². The van der Waals surface area contributed by atoms with E-state index in [-0.39, 0.29) is 16.6 Å². The fourth-order valence-corrected chi connectivity index (χ4v) is 4.85. The first-order valence-corrected chi connectivity index (χ1v) is 13.4. The van der Waals surface area contributed by atoms with Crippen LogP contribution in [-0.4, -0.2) is 32.2 Å². The number of amides is 2. The Bertz CT molecular complexity index is 1210. The molecule has 0 saturated carbocycles. The number of methoxy groups -OCH3 is 1. The van der Waals surface area contributed by atoms with Crippen molar-refractivity contribution >= 4 is 30.8 Å². The van der Waals surface area contributed by atoms with Crippen molar-refractivity contribution in [3.63, 3.8) is 0 Å². The minimum atomic E-state index is -2.30. The molecule has 0 aliphatic heterocycles. The summed E-state index contributed by atoms with van der Waals surface area (Å²) in [7, 11) is -0.822. The first-order valence-electron chi connectivity index (χ1n) is 9.93. The van der Waals surface area contributed by atoms with E-state index in [1.807, 2.05) is 5.16 Å². The number of aromatic amines is 1. The predicted octanol–water partition coefficient (Wildman–Crippen LogP) is 2.91. The molecule has 1 heterocycles. The van der Waals surface area contributed by atoms with Crippen molar-refractivity contribution in [3.05, 3.63) is 75.8 Å². The molecule has 11 heteroatoms. The van der Waals surface area contributed by atoms with Crippen LogP contribution in [-0.2, 0) is 4.79 Å². The quantitative estimate of drug-likeness (QED) is 0.455. The van der Waals surface area contributed by atoms with Crippen LogP contribution >= 0.6 is 0 Å². The van der Waals surface area contributed by atoms with Gasteiger partial charge in [-0.2, -0.15) is 5.16 Å². The van der Waals surface area contributed by atoms with E-state index in [0.29, 0.717) is 11.3 Å². The molecule has 1 aromatic heterocycles. The molecule has 0 radical (unpaired) electrons. The van der Waals surface area contributed by atoms with Crippen molar-refractivity contribution in [2.45, 2.75) is 25.7 Å². The van der Waals surface area contributed by atoms with Crippen LogP contribution in [0.4, 0.5) is 14.5 Å². The lowest BCUT2D eigenvalue weighted by Crippen LogP contribution is -2.42. The molecule has 2 amide bonds. The molecule has 0 aliphatic rings. The normalized spacial score (nSPS) is 12.2. The number of carbonyl (C=O) groups excluding carboxylic acids is 2. The van der Waals surface area contributed by atoms with Crippen LogP contribution in [0.1, 0.15) is 22.2 Å². The molecule has 3 rings (SSSR count). The number of rotatable bonds is 7. The van der Waals surface area contributed by atoms with Crippen LogP contribution in [0.25, 0.3) is 0 Å². The summed E-state index contributed by atoms with van der Waals surface area (Å²) in [6.45, 7) is 5.42. The van der Waals surface area contributed by atoms with Crippen LogP contribution in [0.3, 0.4) is 0 Å². The second-order valence-corrected chi connectivity index (χ2v) is 13.3. The molecule has 0 spiro atoms. The fourth-order valence-electron chi connectivity index (χ4n) is 3.27. The van der Waals surface area contributed by atoms with Crippen molar-refractivity contribution in [3.8, 4) is 5.75 Å². The molecule has 3 N–H and O–H groups in total. The van der Waals surface area contributed by atoms with E-state index < -0.39 is 43.1 Å². The SMILES string of the molecule is COc1ccc([C@@H](NC(=O)c2cc(=O)[nH]o2)C(=O)Nc2cc(F)c([Si](C)(C)C)c(F)c2)cc1. The molecule has 1 atom stereocenters. The molecule has 8 nitrogen and oxygen atoms in total. The number of hydrogen-bond donors (Lipinski definition) is 3. The average Bonchev–Trinajstić information content (AvgIpc) is 3.16. The van der Waals surface area contributed by atoms with Crippen LogP contribution in [0, 0.1) is 11.6 Å². The zero-order valence-electron chi connectivity index (χ0n) is 18.4. The third kappa shape index (κ3) is 5.55. The van der Waals surface area contributed by atoms with Crippen LogP contribution in [0.2, 0.25) is 19.6 Å². The van der Waals surface area contributed by atoms with Gasteiger partial charge >= 0.3 is 0 Å². The third-order valence-corrected chi connectivity index (χ3v) is 6.77. The van der Waals surface area contributed by atoms with Crippen molar-refractivity contribution in [1.29, 1.82) is 0 Å². The van der Waals surface area contributed by atoms with Gasteiger partial charge in [0, 0.05) is 10.9 Å². The summed E-state index contributed by atoms with van der Waals surface area (Å²) in [5, 5.41) is 6.92. The maximum atomic E-state index is 14.6. The Hall–Kier alpha value is -3.73. The molecule has 174 valence electrons. The minimum absolute atomic E-state index is 0.0305. The molecular formula is C22H23F2N3O5Si. The number of benzene rings is 2. The summed E-state index contributed by atoms with van der Waals surface area (Å²) >= 11 is 0. The number of nitrogens with one attached hydrogen (secondary N) is 3. The van der Waals surface area contributed by atoms with E-state index in [4.69, 9.17) is 9.26 Å². The lowest BCUT2D eigenvalue weighted by Gasteiger charge is -2.21. The van der Waals surface area contributed by atoms with Crippen molar-refractivity contribution in [2.24, 2.45) is 0 Å². The number of hydrogen-bond acceptors (Lipinski definition) is 5. The van der Waals surface area contributed by atoms with Gasteiger partial charge in [-0.1, -0.05) is 31.8 Å². The molecule has 3 aromatic rings. The summed E-state index contributed by atoms with van der Waals surface area (Å²) in [5.41, 5.74) is -0.365. The van der Waals surface area contributed by atoms with Gasteiger partial charge in [0.1, 0.15) is 23.4 Å². The Morgan fingerprint density at radius 2 is 1.67 bits per heavy atom. The van der Waals surface area contributed by atoms with Crippen LogP contribution in [0.15, 0.2) is 51.8 Å². The summed E-state index contributed by atoms with van der Waals surface area (Å²) in [6, 6.07) is 8.02. The minimum Gasteiger partial charge on any atom is -0.497 e. The van der Waals surface area contributed by atoms with Crippen molar-refractivity contribution in [2.75, 3.05) is 12.4 Å². The Balaban J connectivity index is 1.91. The summed E-state index contributed by atoms with van der Waals surface area (Å²) in [6.07, 6.45) is 0. The first-order chi connectivity index (χ1) is 15.5. The van der Waals surface area contributed by atoms with E-state index in [1.54, 1.807) is 43.9 Å². The zero-order chi connectivity index (χ0) is 24.3. The number of aromatic nitrogens is 1. The van der Waals surface area contributed by atoms with E-state index in [9.17, 15) is 23.2 Å². The maximum Gasteiger partial charge on any atom is 0.290 e. The highest BCUT2D eigenvalue weighted by Gasteiger charge is 2.28. The van der Waals surface area contributed by atoms with E-state index in [2.05, 4.69) is 10.6 Å². The van der Waals surface area contributed by atoms with Crippen LogP contribution in [0.5, 0.6) is 5.75 Å². The van der Waals surface area contributed by atoms with Crippen molar-refractivity contribution < 1.29 is 27.6 Å². The second-order valence-electron chi connectivity index (χ2n) is 8.31. The van der Waals surface area contributed by atoms with Gasteiger partial charge in [-0.15, -0.1) is 0 Å². The Labute approximate surface area is 188 Å². The maximum absolute atomic E-state index is 14.6. The highest BCUT2D eigenvalue weighted by atomic mass is 28.3. The molecular weight excluding hydrogens is 452 g/mol. The van der Waals surface area contributed by atoms with Gasteiger partial charge in [-0.25, -0.2) is 8.78 Å². The van der Waals surface area contributed by atoms with Gasteiger partial charge in [-0.3, -0.25) is 14.4 Å². The molecule has 2 aromatic carbocycles. The fraction of sp³-hybridized carbons (Fsp3) is 0.227. The smallest absolute Gasteiger partial charge is 0.290 e. The predicted molar refractivity (Wildman–Crippen MR) is 120 cm³/mol. The van der Waals surface area contributed by atoms with Gasteiger partial charge in [-0.05, 0) is 29.8 Å². The Kier molecular flexibility index (Phi) is 6.82. The molecule has 0 fully saturated rings. The first kappa shape index (κ1) is 23.9. The summed E-state index contributed by atoms with van der Waals surface area (Å²) < 4.78 is 39.1. The third-order valence-electron chi connectivity index (χ3n) is 4.79. The van der Waals surface area contributed by atoms with Gasteiger partial charge in [0.15, 0.2) is 0 Å². The lowest BCUT2D eigenvalue weighted by molar-refractivity contribution is -0.118. The van der Waals surface area contributed by atoms with E-state index in [1.165, 1.54) is 7.11 Å². The summed E-state index contributed by atoms with van der Waals surface area (Å²) in [5.74, 6) is -2.90. The number of carbonyl (C=O) groups is 2. The highest BCUT2D eigenvalue weighted by Crippen LogP contribution is 2.22. The van der Waals surface area contributed by atoms with Crippen molar-refractivity contribution in [1.82, 2.24) is 10.5 Å². The number of halogens is 2. The van der Waals surface area contributed by atoms with Gasteiger partial charge < -0.3 is 19.9 Å². The van der Waals surface area contributed by atoms with Gasteiger partial charge in [0.2, 0.25) is 5.76 Å². The Morgan fingerprint density at radius 1 is 1.06 bits per heavy atom. The molecule has 0 saturated heterocycles. The number of H-pyrrole nitrogens is 1. The monoisotopic (exact) mass is 475 g/mol. The van der Waals surface area contributed by atoms with Gasteiger partial charge in [0.25, 0.3) is 17.4 Å². The highest BCUT2D eigenvalue weighted by molar-refractivity contribution is 6.88. The standard InChI is InChI=1S/C22H23F2N3O5Si/c1-31-14-7-5-12(6-8-14)19(26-21(29)17-11-18(28)27-32-17)22(30)25-13-9-15(23)20(16(24)10-13)33(2,3)4/h5-11,19H,1-4H3,(H,25,30)(H,26,29)(H,27,28)/t19-/m1/s1. The zero-order valence-corrected chi connectivity index (χ0v) is 19.4. The number of ether oxygens (including phenoxy) is 1. The molecule has 0 unspecified atom stereocenters. The molecule has 0 aliphatic carbocycles.